The van der Waals surface area contributed by atoms with E-state index in [4.69, 9.17) is 0 Å². The number of piperidine rings is 1. The molecule has 0 aromatic carbocycles. The number of carbonyl (C=O) groups excluding carboxylic acids is 1. The van der Waals surface area contributed by atoms with Crippen LogP contribution in [0.3, 0.4) is 0 Å². The second-order valence-electron chi connectivity index (χ2n) is 8.44. The van der Waals surface area contributed by atoms with Gasteiger partial charge in [-0.15, -0.1) is 0 Å². The van der Waals surface area contributed by atoms with Crippen LogP contribution in [0.25, 0.3) is 0 Å². The zero-order chi connectivity index (χ0) is 17.9. The lowest BCUT2D eigenvalue weighted by Gasteiger charge is -2.37. The van der Waals surface area contributed by atoms with Gasteiger partial charge >= 0.3 is 6.09 Å². The Morgan fingerprint density at radius 3 is 2.25 bits per heavy atom. The van der Waals surface area contributed by atoms with Gasteiger partial charge in [0.25, 0.3) is 0 Å². The van der Waals surface area contributed by atoms with E-state index in [0.717, 1.165) is 38.6 Å². The number of amides is 2. The van der Waals surface area contributed by atoms with E-state index in [9.17, 15) is 14.7 Å². The summed E-state index contributed by atoms with van der Waals surface area (Å²) in [6, 6.07) is 0.690. The van der Waals surface area contributed by atoms with Crippen LogP contribution >= 0.6 is 0 Å². The lowest BCUT2D eigenvalue weighted by Crippen LogP contribution is -2.52. The van der Waals surface area contributed by atoms with Crippen LogP contribution in [-0.2, 0) is 4.79 Å². The minimum Gasteiger partial charge on any atom is -0.465 e. The summed E-state index contributed by atoms with van der Waals surface area (Å²) >= 11 is 0. The maximum atomic E-state index is 12.3. The Bertz CT molecular complexity index is 450. The third kappa shape index (κ3) is 4.62. The van der Waals surface area contributed by atoms with Crippen LogP contribution in [0.2, 0.25) is 0 Å². The second kappa shape index (κ2) is 7.72. The Labute approximate surface area is 145 Å². The van der Waals surface area contributed by atoms with Crippen LogP contribution in [0.15, 0.2) is 0 Å². The molecule has 2 bridgehead atoms. The average molecular weight is 339 g/mol. The lowest BCUT2D eigenvalue weighted by molar-refractivity contribution is -0.130. The molecule has 2 amide bonds. The van der Waals surface area contributed by atoms with Crippen molar-refractivity contribution in [1.82, 2.24) is 15.5 Å². The summed E-state index contributed by atoms with van der Waals surface area (Å²) in [4.78, 5) is 25.2. The molecule has 2 rings (SSSR count). The fraction of sp³-hybridized carbons (Fsp3) is 0.889. The number of rotatable bonds is 7. The normalized spacial score (nSPS) is 26.7. The molecule has 24 heavy (non-hydrogen) atoms. The fourth-order valence-electron chi connectivity index (χ4n) is 4.46. The molecule has 2 atom stereocenters. The van der Waals surface area contributed by atoms with Crippen LogP contribution in [0.1, 0.15) is 59.8 Å². The van der Waals surface area contributed by atoms with Crippen molar-refractivity contribution in [2.24, 2.45) is 11.3 Å². The number of carbonyl (C=O) groups is 2. The number of hydrogen-bond donors (Lipinski definition) is 3. The zero-order valence-corrected chi connectivity index (χ0v) is 15.5. The molecule has 138 valence electrons. The summed E-state index contributed by atoms with van der Waals surface area (Å²) in [6.07, 6.45) is 3.83. The number of carboxylic acid groups (broad SMARTS) is 1. The van der Waals surface area contributed by atoms with Gasteiger partial charge in [-0.2, -0.15) is 0 Å². The van der Waals surface area contributed by atoms with Crippen LogP contribution in [0.4, 0.5) is 4.79 Å². The largest absolute Gasteiger partial charge is 0.465 e. The fourth-order valence-corrected chi connectivity index (χ4v) is 4.46. The van der Waals surface area contributed by atoms with Crippen LogP contribution < -0.4 is 10.6 Å². The Hall–Kier alpha value is -1.30. The van der Waals surface area contributed by atoms with E-state index in [1.54, 1.807) is 4.90 Å². The van der Waals surface area contributed by atoms with Crippen molar-refractivity contribution >= 4 is 12.0 Å². The lowest BCUT2D eigenvalue weighted by atomic mass is 9.83. The van der Waals surface area contributed by atoms with Crippen molar-refractivity contribution in [3.8, 4) is 0 Å². The molecule has 6 heteroatoms. The summed E-state index contributed by atoms with van der Waals surface area (Å²) in [7, 11) is 0. The van der Waals surface area contributed by atoms with Gasteiger partial charge in [0.05, 0.1) is 0 Å². The molecule has 2 aliphatic rings. The van der Waals surface area contributed by atoms with Gasteiger partial charge in [-0.05, 0) is 38.0 Å². The van der Waals surface area contributed by atoms with Gasteiger partial charge in [0.15, 0.2) is 0 Å². The van der Waals surface area contributed by atoms with Gasteiger partial charge in [0, 0.05) is 36.6 Å². The Morgan fingerprint density at radius 2 is 1.75 bits per heavy atom. The first-order valence-corrected chi connectivity index (χ1v) is 9.23. The summed E-state index contributed by atoms with van der Waals surface area (Å²) in [6.45, 7) is 9.61. The highest BCUT2D eigenvalue weighted by molar-refractivity contribution is 5.81. The smallest absolute Gasteiger partial charge is 0.407 e. The molecular formula is C18H33N3O3. The number of hydrogen-bond acceptors (Lipinski definition) is 3. The van der Waals surface area contributed by atoms with Crippen molar-refractivity contribution in [2.75, 3.05) is 13.1 Å². The first-order valence-electron chi connectivity index (χ1n) is 9.23. The van der Waals surface area contributed by atoms with Crippen molar-refractivity contribution in [1.29, 1.82) is 0 Å². The minimum atomic E-state index is -0.777. The third-order valence-corrected chi connectivity index (χ3v) is 5.33. The number of nitrogens with one attached hydrogen (secondary N) is 2. The predicted octanol–water partition coefficient (Wildman–Crippen LogP) is 2.44. The second-order valence-corrected chi connectivity index (χ2v) is 8.44. The molecule has 3 N–H and O–H groups in total. The predicted molar refractivity (Wildman–Crippen MR) is 93.9 cm³/mol. The Morgan fingerprint density at radius 1 is 1.17 bits per heavy atom. The standard InChI is InChI=1S/C18H33N3O3/c1-12(2)11-18(3,4)16(22)20-8-7-19-13-9-14-5-6-15(10-13)21(14)17(23)24/h12-15,19H,5-11H2,1-4H3,(H,20,22)(H,23,24). The van der Waals surface area contributed by atoms with Gasteiger partial charge in [-0.25, -0.2) is 4.79 Å². The van der Waals surface area contributed by atoms with E-state index in [1.807, 2.05) is 13.8 Å². The molecule has 2 fully saturated rings. The van der Waals surface area contributed by atoms with Crippen LogP contribution in [0, 0.1) is 11.3 Å². The quantitative estimate of drug-likeness (QED) is 0.622. The first kappa shape index (κ1) is 19.0. The molecule has 2 aliphatic heterocycles. The Balaban J connectivity index is 1.69. The summed E-state index contributed by atoms with van der Waals surface area (Å²) in [5, 5.41) is 15.8. The van der Waals surface area contributed by atoms with E-state index >= 15 is 0 Å². The molecule has 0 aromatic rings. The molecule has 0 aromatic heterocycles. The Kier molecular flexibility index (Phi) is 6.12. The van der Waals surface area contributed by atoms with Gasteiger partial charge in [-0.3, -0.25) is 4.79 Å². The van der Waals surface area contributed by atoms with Crippen LogP contribution in [-0.4, -0.2) is 53.2 Å². The van der Waals surface area contributed by atoms with Gasteiger partial charge in [0.1, 0.15) is 0 Å². The molecule has 0 radical (unpaired) electrons. The maximum absolute atomic E-state index is 12.3. The summed E-state index contributed by atoms with van der Waals surface area (Å²) in [5.41, 5.74) is -0.333. The molecule has 0 aliphatic carbocycles. The molecule has 2 heterocycles. The third-order valence-electron chi connectivity index (χ3n) is 5.33. The van der Waals surface area contributed by atoms with Crippen LogP contribution in [0.5, 0.6) is 0 Å². The topological polar surface area (TPSA) is 81.7 Å². The summed E-state index contributed by atoms with van der Waals surface area (Å²) < 4.78 is 0. The van der Waals surface area contributed by atoms with E-state index in [1.165, 1.54) is 0 Å². The summed E-state index contributed by atoms with van der Waals surface area (Å²) in [5.74, 6) is 0.609. The maximum Gasteiger partial charge on any atom is 0.407 e. The molecule has 6 nitrogen and oxygen atoms in total. The minimum absolute atomic E-state index is 0.110. The highest BCUT2D eigenvalue weighted by atomic mass is 16.4. The van der Waals surface area contributed by atoms with Gasteiger partial charge in [-0.1, -0.05) is 27.7 Å². The number of nitrogens with zero attached hydrogens (tertiary/aromatic N) is 1. The van der Waals surface area contributed by atoms with Crippen molar-refractivity contribution in [3.63, 3.8) is 0 Å². The first-order chi connectivity index (χ1) is 11.2. The number of fused-ring (bicyclic) bond motifs is 2. The van der Waals surface area contributed by atoms with Crippen molar-refractivity contribution in [2.45, 2.75) is 77.9 Å². The highest BCUT2D eigenvalue weighted by Gasteiger charge is 2.43. The molecular weight excluding hydrogens is 306 g/mol. The van der Waals surface area contributed by atoms with Gasteiger partial charge in [0.2, 0.25) is 5.91 Å². The molecule has 2 saturated heterocycles. The zero-order valence-electron chi connectivity index (χ0n) is 15.5. The van der Waals surface area contributed by atoms with Crippen molar-refractivity contribution < 1.29 is 14.7 Å². The SMILES string of the molecule is CC(C)CC(C)(C)C(=O)NCCNC1CC2CCC(C1)N2C(=O)O. The average Bonchev–Trinajstić information content (AvgIpc) is 2.74. The molecule has 2 unspecified atom stereocenters. The van der Waals surface area contributed by atoms with Crippen molar-refractivity contribution in [3.05, 3.63) is 0 Å². The van der Waals surface area contributed by atoms with E-state index in [0.29, 0.717) is 18.5 Å². The molecule has 0 saturated carbocycles. The van der Waals surface area contributed by atoms with E-state index in [-0.39, 0.29) is 23.4 Å². The van der Waals surface area contributed by atoms with E-state index < -0.39 is 6.09 Å². The van der Waals surface area contributed by atoms with E-state index in [2.05, 4.69) is 24.5 Å². The monoisotopic (exact) mass is 339 g/mol. The van der Waals surface area contributed by atoms with Gasteiger partial charge < -0.3 is 20.6 Å². The molecule has 0 spiro atoms. The highest BCUT2D eigenvalue weighted by Crippen LogP contribution is 2.35.